The molecule has 5 heteroatoms. The zero-order valence-electron chi connectivity index (χ0n) is 12.3. The van der Waals surface area contributed by atoms with Crippen LogP contribution in [0.25, 0.3) is 0 Å². The molecule has 0 heterocycles. The van der Waals surface area contributed by atoms with Crippen LogP contribution in [0.4, 0.5) is 5.69 Å². The van der Waals surface area contributed by atoms with E-state index in [1.807, 2.05) is 0 Å². The van der Waals surface area contributed by atoms with Crippen molar-refractivity contribution in [3.05, 3.63) is 21.6 Å². The lowest BCUT2D eigenvalue weighted by Crippen LogP contribution is -2.38. The molecule has 0 bridgehead atoms. The van der Waals surface area contributed by atoms with Crippen molar-refractivity contribution in [3.63, 3.8) is 0 Å². The molecule has 0 aliphatic rings. The van der Waals surface area contributed by atoms with E-state index < -0.39 is 8.07 Å². The second-order valence-electron chi connectivity index (χ2n) is 6.54. The van der Waals surface area contributed by atoms with Crippen LogP contribution < -0.4 is 10.5 Å². The average molecular weight is 365 g/mol. The minimum atomic E-state index is -1.31. The van der Waals surface area contributed by atoms with E-state index in [0.29, 0.717) is 28.1 Å². The lowest BCUT2D eigenvalue weighted by Gasteiger charge is -2.36. The molecule has 1 rings (SSSR count). The van der Waals surface area contributed by atoms with Gasteiger partial charge < -0.3 is 10.5 Å². The largest absolute Gasteiger partial charge is 0.492 e. The van der Waals surface area contributed by atoms with Crippen LogP contribution >= 0.6 is 27.5 Å². The summed E-state index contributed by atoms with van der Waals surface area (Å²) >= 11 is 9.49. The van der Waals surface area contributed by atoms with E-state index in [4.69, 9.17) is 22.1 Å². The molecule has 108 valence electrons. The van der Waals surface area contributed by atoms with Crippen LogP contribution in [0.5, 0.6) is 5.75 Å². The predicted octanol–water partition coefficient (Wildman–Crippen LogP) is 5.57. The number of halogens is 2. The summed E-state index contributed by atoms with van der Waals surface area (Å²) in [4.78, 5) is 0. The van der Waals surface area contributed by atoms with Gasteiger partial charge in [-0.3, -0.25) is 0 Å². The highest BCUT2D eigenvalue weighted by Crippen LogP contribution is 2.39. The predicted molar refractivity (Wildman–Crippen MR) is 91.1 cm³/mol. The van der Waals surface area contributed by atoms with Crippen LogP contribution in [0.3, 0.4) is 0 Å². The topological polar surface area (TPSA) is 35.2 Å². The highest BCUT2D eigenvalue weighted by atomic mass is 79.9. The van der Waals surface area contributed by atoms with Crippen molar-refractivity contribution < 1.29 is 4.74 Å². The van der Waals surface area contributed by atoms with Crippen molar-refractivity contribution in [2.75, 3.05) is 12.3 Å². The number of hydrogen-bond acceptors (Lipinski definition) is 2. The average Bonchev–Trinajstić information content (AvgIpc) is 2.23. The van der Waals surface area contributed by atoms with Crippen molar-refractivity contribution in [2.24, 2.45) is 0 Å². The molecule has 0 spiro atoms. The molecule has 0 amide bonds. The molecule has 0 atom stereocenters. The molecule has 0 fully saturated rings. The standard InChI is InChI=1S/C14H23BrClNOSi/c1-14(2,3)19(4,5)7-6-18-13-9-12(17)10(15)8-11(13)16/h8-9H,6-7,17H2,1-5H3. The number of anilines is 1. The second-order valence-corrected chi connectivity index (χ2v) is 13.6. The Hall–Kier alpha value is -0.193. The van der Waals surface area contributed by atoms with Gasteiger partial charge in [-0.15, -0.1) is 0 Å². The number of benzene rings is 1. The normalized spacial score (nSPS) is 12.6. The summed E-state index contributed by atoms with van der Waals surface area (Å²) in [6.45, 7) is 12.4. The lowest BCUT2D eigenvalue weighted by molar-refractivity contribution is 0.337. The summed E-state index contributed by atoms with van der Waals surface area (Å²) in [5, 5.41) is 0.968. The Morgan fingerprint density at radius 2 is 1.89 bits per heavy atom. The van der Waals surface area contributed by atoms with Crippen LogP contribution in [0, 0.1) is 0 Å². The molecular weight excluding hydrogens is 342 g/mol. The lowest BCUT2D eigenvalue weighted by atomic mass is 10.2. The van der Waals surface area contributed by atoms with Gasteiger partial charge in [-0.1, -0.05) is 45.5 Å². The zero-order valence-corrected chi connectivity index (χ0v) is 15.7. The first-order valence-electron chi connectivity index (χ1n) is 6.42. The maximum atomic E-state index is 6.14. The van der Waals surface area contributed by atoms with E-state index in [1.165, 1.54) is 0 Å². The summed E-state index contributed by atoms with van der Waals surface area (Å²) in [5.41, 5.74) is 6.48. The minimum absolute atomic E-state index is 0.374. The Morgan fingerprint density at radius 3 is 2.42 bits per heavy atom. The second kappa shape index (κ2) is 6.06. The molecule has 2 N–H and O–H groups in total. The molecule has 0 aliphatic carbocycles. The van der Waals surface area contributed by atoms with Gasteiger partial charge in [0.2, 0.25) is 0 Å². The Morgan fingerprint density at radius 1 is 1.32 bits per heavy atom. The van der Waals surface area contributed by atoms with Crippen LogP contribution in [0.15, 0.2) is 16.6 Å². The van der Waals surface area contributed by atoms with Crippen molar-refractivity contribution in [1.29, 1.82) is 0 Å². The SMILES string of the molecule is CC(C)(C)[Si](C)(C)CCOc1cc(N)c(Br)cc1Cl. The molecule has 1 aromatic carbocycles. The number of nitrogen functional groups attached to an aromatic ring is 1. The fourth-order valence-electron chi connectivity index (χ4n) is 1.45. The monoisotopic (exact) mass is 363 g/mol. The summed E-state index contributed by atoms with van der Waals surface area (Å²) in [5.74, 6) is 0.668. The van der Waals surface area contributed by atoms with Crippen LogP contribution in [0.1, 0.15) is 20.8 Å². The summed E-state index contributed by atoms with van der Waals surface area (Å²) < 4.78 is 6.61. The van der Waals surface area contributed by atoms with Crippen molar-refractivity contribution in [3.8, 4) is 5.75 Å². The Labute approximate surface area is 130 Å². The highest BCUT2D eigenvalue weighted by molar-refractivity contribution is 9.10. The highest BCUT2D eigenvalue weighted by Gasteiger charge is 2.34. The molecule has 0 unspecified atom stereocenters. The molecule has 0 aromatic heterocycles. The van der Waals surface area contributed by atoms with Gasteiger partial charge in [-0.05, 0) is 33.1 Å². The minimum Gasteiger partial charge on any atom is -0.492 e. The maximum Gasteiger partial charge on any atom is 0.139 e. The van der Waals surface area contributed by atoms with E-state index in [2.05, 4.69) is 49.8 Å². The number of hydrogen-bond donors (Lipinski definition) is 1. The Bertz CT molecular complexity index is 457. The van der Waals surface area contributed by atoms with Gasteiger partial charge in [-0.2, -0.15) is 0 Å². The van der Waals surface area contributed by atoms with Crippen molar-refractivity contribution in [1.82, 2.24) is 0 Å². The molecular formula is C14H23BrClNOSi. The first-order chi connectivity index (χ1) is 8.54. The van der Waals surface area contributed by atoms with Crippen LogP contribution in [0.2, 0.25) is 29.2 Å². The van der Waals surface area contributed by atoms with Gasteiger partial charge in [0.15, 0.2) is 0 Å². The van der Waals surface area contributed by atoms with E-state index in [-0.39, 0.29) is 0 Å². The van der Waals surface area contributed by atoms with Gasteiger partial charge in [0.05, 0.1) is 19.7 Å². The van der Waals surface area contributed by atoms with Gasteiger partial charge >= 0.3 is 0 Å². The zero-order chi connectivity index (χ0) is 14.8. The molecule has 19 heavy (non-hydrogen) atoms. The van der Waals surface area contributed by atoms with Crippen LogP contribution in [-0.4, -0.2) is 14.7 Å². The molecule has 2 nitrogen and oxygen atoms in total. The number of nitrogens with two attached hydrogens (primary N) is 1. The number of ether oxygens (including phenoxy) is 1. The first-order valence-corrected chi connectivity index (χ1v) is 10.8. The van der Waals surface area contributed by atoms with Gasteiger partial charge in [0.1, 0.15) is 5.75 Å². The smallest absolute Gasteiger partial charge is 0.139 e. The van der Waals surface area contributed by atoms with Gasteiger partial charge in [0, 0.05) is 16.2 Å². The van der Waals surface area contributed by atoms with Gasteiger partial charge in [-0.25, -0.2) is 0 Å². The molecule has 1 aromatic rings. The maximum absolute atomic E-state index is 6.14. The summed E-state index contributed by atoms with van der Waals surface area (Å²) in [6.07, 6.45) is 0. The third kappa shape index (κ3) is 4.40. The number of rotatable bonds is 4. The summed E-state index contributed by atoms with van der Waals surface area (Å²) in [7, 11) is -1.31. The van der Waals surface area contributed by atoms with Gasteiger partial charge in [0.25, 0.3) is 0 Å². The summed E-state index contributed by atoms with van der Waals surface area (Å²) in [6, 6.07) is 4.65. The first kappa shape index (κ1) is 16.9. The molecule has 0 radical (unpaired) electrons. The third-order valence-electron chi connectivity index (χ3n) is 4.07. The van der Waals surface area contributed by atoms with E-state index in [9.17, 15) is 0 Å². The molecule has 0 saturated heterocycles. The third-order valence-corrected chi connectivity index (χ3v) is 10.6. The van der Waals surface area contributed by atoms with E-state index in [0.717, 1.165) is 10.5 Å². The van der Waals surface area contributed by atoms with Crippen LogP contribution in [-0.2, 0) is 0 Å². The molecule has 0 saturated carbocycles. The van der Waals surface area contributed by atoms with E-state index in [1.54, 1.807) is 12.1 Å². The quantitative estimate of drug-likeness (QED) is 0.559. The molecule has 0 aliphatic heterocycles. The van der Waals surface area contributed by atoms with Crippen molar-refractivity contribution in [2.45, 2.75) is 44.9 Å². The van der Waals surface area contributed by atoms with Crippen molar-refractivity contribution >= 4 is 41.3 Å². The van der Waals surface area contributed by atoms with E-state index >= 15 is 0 Å². The Kier molecular flexibility index (Phi) is 5.38. The fraction of sp³-hybridized carbons (Fsp3) is 0.571. The Balaban J connectivity index is 2.67. The fourth-order valence-corrected chi connectivity index (χ4v) is 3.50.